The lowest BCUT2D eigenvalue weighted by molar-refractivity contribution is -0.138. The Morgan fingerprint density at radius 2 is 0.673 bits per heavy atom. The predicted molar refractivity (Wildman–Crippen MR) is 218 cm³/mol. The quantitative estimate of drug-likeness (QED) is 0.0649. The van der Waals surface area contributed by atoms with Gasteiger partial charge in [0, 0.05) is 25.5 Å². The molecule has 0 aliphatic carbocycles. The number of aliphatic carboxylic acids is 2. The molecule has 52 heavy (non-hydrogen) atoms. The second-order valence-corrected chi connectivity index (χ2v) is 15.6. The van der Waals surface area contributed by atoms with Crippen molar-refractivity contribution in [3.63, 3.8) is 0 Å². The predicted octanol–water partition coefficient (Wildman–Crippen LogP) is 13.2. The van der Waals surface area contributed by atoms with E-state index in [4.69, 9.17) is 19.7 Å². The molecule has 0 bridgehead atoms. The molecule has 0 atom stereocenters. The van der Waals surface area contributed by atoms with Gasteiger partial charge in [-0.15, -0.1) is 0 Å². The Balaban J connectivity index is 2.02. The van der Waals surface area contributed by atoms with Gasteiger partial charge >= 0.3 is 11.9 Å². The van der Waals surface area contributed by atoms with Gasteiger partial charge in [0.2, 0.25) is 0 Å². The SMILES string of the molecule is CN(C)Cc1cc(OCCCCCCCCCCCCCCCCCC(=O)O)cc(OCCCCCCCCCCCCCCCCCC(=O)O)c1. The standard InChI is InChI=1S/C45H81NO6/c1-46(2)40-41-37-42(51-35-31-27-23-19-15-11-7-3-5-9-13-17-21-25-29-33-44(47)48)39-43(38-41)52-36-32-28-24-20-16-12-8-4-6-10-14-18-22-26-30-34-45(49)50/h37-39H,3-36,40H2,1-2H3,(H,47,48)(H,49,50). The number of hydrogen-bond acceptors (Lipinski definition) is 5. The summed E-state index contributed by atoms with van der Waals surface area (Å²) in [5.74, 6) is 0.530. The van der Waals surface area contributed by atoms with Crippen molar-refractivity contribution < 1.29 is 29.3 Å². The molecule has 302 valence electrons. The Labute approximate surface area is 320 Å². The van der Waals surface area contributed by atoms with E-state index in [1.807, 2.05) is 0 Å². The van der Waals surface area contributed by atoms with Crippen LogP contribution in [0.1, 0.15) is 211 Å². The van der Waals surface area contributed by atoms with Gasteiger partial charge in [0.1, 0.15) is 11.5 Å². The molecule has 1 aromatic rings. The number of carboxylic acids is 2. The fourth-order valence-electron chi connectivity index (χ4n) is 6.99. The third-order valence-corrected chi connectivity index (χ3v) is 10.0. The van der Waals surface area contributed by atoms with Gasteiger partial charge < -0.3 is 24.6 Å². The van der Waals surface area contributed by atoms with E-state index in [9.17, 15) is 9.59 Å². The fraction of sp³-hybridized carbons (Fsp3) is 0.822. The molecule has 0 amide bonds. The maximum absolute atomic E-state index is 10.5. The molecule has 0 heterocycles. The van der Waals surface area contributed by atoms with Gasteiger partial charge in [0.15, 0.2) is 0 Å². The maximum Gasteiger partial charge on any atom is 0.303 e. The molecular weight excluding hydrogens is 650 g/mol. The molecule has 7 heteroatoms. The molecule has 2 N–H and O–H groups in total. The Hall–Kier alpha value is -2.28. The third kappa shape index (κ3) is 33.5. The second kappa shape index (κ2) is 35.7. The highest BCUT2D eigenvalue weighted by Crippen LogP contribution is 2.25. The zero-order valence-electron chi connectivity index (χ0n) is 34.0. The second-order valence-electron chi connectivity index (χ2n) is 15.6. The van der Waals surface area contributed by atoms with Crippen molar-refractivity contribution in [2.75, 3.05) is 27.3 Å². The van der Waals surface area contributed by atoms with E-state index in [-0.39, 0.29) is 0 Å². The molecule has 1 aromatic carbocycles. The average molecular weight is 732 g/mol. The zero-order valence-corrected chi connectivity index (χ0v) is 34.0. The number of hydrogen-bond donors (Lipinski definition) is 2. The summed E-state index contributed by atoms with van der Waals surface area (Å²) in [6.45, 7) is 2.41. The van der Waals surface area contributed by atoms with Crippen LogP contribution in [0.4, 0.5) is 0 Å². The third-order valence-electron chi connectivity index (χ3n) is 10.0. The molecule has 0 saturated heterocycles. The Kier molecular flexibility index (Phi) is 32.8. The molecule has 0 aliphatic heterocycles. The lowest BCUT2D eigenvalue weighted by Gasteiger charge is -2.15. The lowest BCUT2D eigenvalue weighted by Crippen LogP contribution is -2.11. The van der Waals surface area contributed by atoms with Crippen molar-refractivity contribution in [3.05, 3.63) is 23.8 Å². The normalized spacial score (nSPS) is 11.4. The van der Waals surface area contributed by atoms with Crippen molar-refractivity contribution in [1.82, 2.24) is 4.90 Å². The van der Waals surface area contributed by atoms with E-state index in [1.54, 1.807) is 0 Å². The summed E-state index contributed by atoms with van der Waals surface area (Å²) in [7, 11) is 4.20. The Morgan fingerprint density at radius 1 is 0.423 bits per heavy atom. The van der Waals surface area contributed by atoms with Crippen LogP contribution in [0.2, 0.25) is 0 Å². The lowest BCUT2D eigenvalue weighted by atomic mass is 10.0. The summed E-state index contributed by atoms with van der Waals surface area (Å²) in [5.41, 5.74) is 1.23. The highest BCUT2D eigenvalue weighted by molar-refractivity contribution is 5.66. The number of unbranched alkanes of at least 4 members (excludes halogenated alkanes) is 28. The summed E-state index contributed by atoms with van der Waals surface area (Å²) in [6, 6.07) is 6.41. The van der Waals surface area contributed by atoms with E-state index in [1.165, 1.54) is 160 Å². The summed E-state index contributed by atoms with van der Waals surface area (Å²) in [6.07, 6.45) is 38.0. The summed E-state index contributed by atoms with van der Waals surface area (Å²) >= 11 is 0. The smallest absolute Gasteiger partial charge is 0.303 e. The van der Waals surface area contributed by atoms with Crippen LogP contribution in [0, 0.1) is 0 Å². The van der Waals surface area contributed by atoms with E-state index >= 15 is 0 Å². The van der Waals surface area contributed by atoms with Gasteiger partial charge in [-0.05, 0) is 57.5 Å². The molecule has 0 aromatic heterocycles. The van der Waals surface area contributed by atoms with Gasteiger partial charge in [-0.25, -0.2) is 0 Å². The molecule has 1 rings (SSSR count). The minimum absolute atomic E-state index is 0.323. The van der Waals surface area contributed by atoms with E-state index in [2.05, 4.69) is 37.2 Å². The number of carbonyl (C=O) groups is 2. The monoisotopic (exact) mass is 732 g/mol. The minimum Gasteiger partial charge on any atom is -0.493 e. The zero-order chi connectivity index (χ0) is 37.7. The Morgan fingerprint density at radius 3 is 0.923 bits per heavy atom. The summed E-state index contributed by atoms with van der Waals surface area (Å²) in [4.78, 5) is 23.3. The fourth-order valence-corrected chi connectivity index (χ4v) is 6.99. The largest absolute Gasteiger partial charge is 0.493 e. The molecule has 0 unspecified atom stereocenters. The molecule has 0 spiro atoms. The van der Waals surface area contributed by atoms with Crippen LogP contribution in [0.5, 0.6) is 11.5 Å². The highest BCUT2D eigenvalue weighted by atomic mass is 16.5. The van der Waals surface area contributed by atoms with Crippen LogP contribution in [-0.4, -0.2) is 54.4 Å². The van der Waals surface area contributed by atoms with Gasteiger partial charge in [0.25, 0.3) is 0 Å². The van der Waals surface area contributed by atoms with Gasteiger partial charge in [0.05, 0.1) is 13.2 Å². The van der Waals surface area contributed by atoms with Crippen molar-refractivity contribution in [2.45, 2.75) is 212 Å². The molecule has 7 nitrogen and oxygen atoms in total. The van der Waals surface area contributed by atoms with Crippen LogP contribution in [-0.2, 0) is 16.1 Å². The van der Waals surface area contributed by atoms with E-state index in [0.717, 1.165) is 69.8 Å². The van der Waals surface area contributed by atoms with E-state index < -0.39 is 11.9 Å². The topological polar surface area (TPSA) is 96.3 Å². The number of rotatable bonds is 40. The first kappa shape index (κ1) is 47.7. The van der Waals surface area contributed by atoms with Crippen molar-refractivity contribution in [3.8, 4) is 11.5 Å². The molecule has 0 aliphatic rings. The molecule has 0 saturated carbocycles. The van der Waals surface area contributed by atoms with Crippen LogP contribution in [0.3, 0.4) is 0 Å². The number of benzene rings is 1. The first-order valence-corrected chi connectivity index (χ1v) is 21.8. The first-order valence-electron chi connectivity index (χ1n) is 21.8. The number of ether oxygens (including phenoxy) is 2. The highest BCUT2D eigenvalue weighted by Gasteiger charge is 2.06. The van der Waals surface area contributed by atoms with Gasteiger partial charge in [-0.1, -0.05) is 167 Å². The summed E-state index contributed by atoms with van der Waals surface area (Å²) in [5, 5.41) is 17.4. The van der Waals surface area contributed by atoms with Crippen molar-refractivity contribution in [2.24, 2.45) is 0 Å². The molecule has 0 radical (unpaired) electrons. The first-order chi connectivity index (χ1) is 25.4. The summed E-state index contributed by atoms with van der Waals surface area (Å²) < 4.78 is 12.4. The van der Waals surface area contributed by atoms with Crippen molar-refractivity contribution >= 4 is 11.9 Å². The van der Waals surface area contributed by atoms with Crippen LogP contribution in [0.15, 0.2) is 18.2 Å². The van der Waals surface area contributed by atoms with Crippen LogP contribution >= 0.6 is 0 Å². The molecular formula is C45H81NO6. The van der Waals surface area contributed by atoms with Gasteiger partial charge in [-0.2, -0.15) is 0 Å². The van der Waals surface area contributed by atoms with Gasteiger partial charge in [-0.3, -0.25) is 9.59 Å². The van der Waals surface area contributed by atoms with Crippen LogP contribution < -0.4 is 9.47 Å². The Bertz CT molecular complexity index is 899. The number of nitrogens with zero attached hydrogens (tertiary/aromatic N) is 1. The number of carboxylic acid groups (broad SMARTS) is 2. The minimum atomic E-state index is -0.666. The average Bonchev–Trinajstić information content (AvgIpc) is 3.10. The van der Waals surface area contributed by atoms with E-state index in [0.29, 0.717) is 12.8 Å². The maximum atomic E-state index is 10.5. The van der Waals surface area contributed by atoms with Crippen LogP contribution in [0.25, 0.3) is 0 Å². The molecule has 0 fully saturated rings. The van der Waals surface area contributed by atoms with Crippen molar-refractivity contribution in [1.29, 1.82) is 0 Å².